The Balaban J connectivity index is 1.72. The number of alkyl halides is 3. The van der Waals surface area contributed by atoms with Crippen LogP contribution in [-0.4, -0.2) is 44.8 Å². The summed E-state index contributed by atoms with van der Waals surface area (Å²) in [6.07, 6.45) is -4.58. The molecule has 7 nitrogen and oxygen atoms in total. The van der Waals surface area contributed by atoms with Gasteiger partial charge in [0.05, 0.1) is 46.4 Å². The van der Waals surface area contributed by atoms with Crippen LogP contribution in [0.1, 0.15) is 15.9 Å². The van der Waals surface area contributed by atoms with Gasteiger partial charge in [-0.2, -0.15) is 13.2 Å². The van der Waals surface area contributed by atoms with E-state index in [-0.39, 0.29) is 22.0 Å². The third kappa shape index (κ3) is 5.80. The topological polar surface area (TPSA) is 93.9 Å². The number of nitrogens with zero attached hydrogens (tertiary/aromatic N) is 1. The molecule has 11 heteroatoms. The summed E-state index contributed by atoms with van der Waals surface area (Å²) >= 11 is 5.79. The second-order valence-electron chi connectivity index (χ2n) is 6.69. The Morgan fingerprint density at radius 3 is 2.52 bits per heavy atom. The molecule has 2 aromatic rings. The summed E-state index contributed by atoms with van der Waals surface area (Å²) < 4.78 is 49.6. The summed E-state index contributed by atoms with van der Waals surface area (Å²) in [6.45, 7) is 1.05. The summed E-state index contributed by atoms with van der Waals surface area (Å²) in [7, 11) is 0. The predicted octanol–water partition coefficient (Wildman–Crippen LogP) is 3.57. The van der Waals surface area contributed by atoms with Crippen molar-refractivity contribution in [2.24, 2.45) is 0 Å². The van der Waals surface area contributed by atoms with E-state index < -0.39 is 30.2 Å². The van der Waals surface area contributed by atoms with Crippen molar-refractivity contribution in [2.75, 3.05) is 48.9 Å². The van der Waals surface area contributed by atoms with E-state index in [9.17, 15) is 22.8 Å². The molecule has 0 unspecified atom stereocenters. The maximum Gasteiger partial charge on any atom is 0.416 e. The zero-order valence-electron chi connectivity index (χ0n) is 16.2. The second kappa shape index (κ2) is 9.44. The van der Waals surface area contributed by atoms with E-state index in [2.05, 4.69) is 5.32 Å². The van der Waals surface area contributed by atoms with Gasteiger partial charge in [0, 0.05) is 13.1 Å². The number of nitrogens with one attached hydrogen (secondary N) is 1. The Morgan fingerprint density at radius 1 is 1.16 bits per heavy atom. The molecule has 0 radical (unpaired) electrons. The van der Waals surface area contributed by atoms with Crippen molar-refractivity contribution in [3.05, 3.63) is 52.5 Å². The highest BCUT2D eigenvalue weighted by Gasteiger charge is 2.32. The van der Waals surface area contributed by atoms with Gasteiger partial charge < -0.3 is 25.4 Å². The van der Waals surface area contributed by atoms with Gasteiger partial charge in [-0.05, 0) is 36.4 Å². The minimum atomic E-state index is -4.58. The van der Waals surface area contributed by atoms with Crippen molar-refractivity contribution >= 4 is 40.5 Å². The van der Waals surface area contributed by atoms with E-state index in [0.29, 0.717) is 32.0 Å². The number of carbonyl (C=O) groups is 2. The number of ether oxygens (including phenoxy) is 2. The molecule has 1 fully saturated rings. The molecule has 1 aliphatic rings. The van der Waals surface area contributed by atoms with Gasteiger partial charge in [0.25, 0.3) is 5.91 Å². The van der Waals surface area contributed by atoms with Gasteiger partial charge in [-0.3, -0.25) is 4.79 Å². The Kier molecular flexibility index (Phi) is 6.91. The zero-order valence-corrected chi connectivity index (χ0v) is 16.9. The van der Waals surface area contributed by atoms with Gasteiger partial charge in [-0.15, -0.1) is 0 Å². The fourth-order valence-corrected chi connectivity index (χ4v) is 3.08. The van der Waals surface area contributed by atoms with E-state index in [1.54, 1.807) is 0 Å². The van der Waals surface area contributed by atoms with Crippen molar-refractivity contribution < 1.29 is 32.2 Å². The Hall–Kier alpha value is -2.98. The first-order chi connectivity index (χ1) is 14.6. The second-order valence-corrected chi connectivity index (χ2v) is 7.10. The van der Waals surface area contributed by atoms with E-state index >= 15 is 0 Å². The lowest BCUT2D eigenvalue weighted by Crippen LogP contribution is -2.37. The molecular formula is C20H19ClF3N3O4. The maximum atomic E-state index is 13.1. The molecule has 3 rings (SSSR count). The average molecular weight is 458 g/mol. The van der Waals surface area contributed by atoms with Crippen LogP contribution in [0, 0.1) is 0 Å². The number of carbonyl (C=O) groups excluding carboxylic acids is 2. The van der Waals surface area contributed by atoms with Gasteiger partial charge in [0.15, 0.2) is 6.61 Å². The van der Waals surface area contributed by atoms with Crippen LogP contribution in [-0.2, 0) is 20.4 Å². The highest BCUT2D eigenvalue weighted by atomic mass is 35.5. The molecule has 0 saturated carbocycles. The lowest BCUT2D eigenvalue weighted by Gasteiger charge is -2.31. The fraction of sp³-hybridized carbons (Fsp3) is 0.300. The third-order valence-corrected chi connectivity index (χ3v) is 4.86. The quantitative estimate of drug-likeness (QED) is 0.526. The summed E-state index contributed by atoms with van der Waals surface area (Å²) in [5.74, 6) is -1.61. The van der Waals surface area contributed by atoms with E-state index in [4.69, 9.17) is 26.8 Å². The summed E-state index contributed by atoms with van der Waals surface area (Å²) in [5, 5.41) is 2.66. The number of esters is 1. The molecule has 0 aliphatic carbocycles. The third-order valence-electron chi connectivity index (χ3n) is 4.52. The molecule has 1 amide bonds. The zero-order chi connectivity index (χ0) is 22.6. The van der Waals surface area contributed by atoms with E-state index in [1.165, 1.54) is 24.3 Å². The largest absolute Gasteiger partial charge is 0.452 e. The molecule has 1 saturated heterocycles. The van der Waals surface area contributed by atoms with Crippen LogP contribution in [0.3, 0.4) is 0 Å². The first-order valence-corrected chi connectivity index (χ1v) is 9.59. The summed E-state index contributed by atoms with van der Waals surface area (Å²) in [6, 6.07) is 7.18. The highest BCUT2D eigenvalue weighted by Crippen LogP contribution is 2.35. The van der Waals surface area contributed by atoms with Crippen LogP contribution in [0.15, 0.2) is 36.4 Å². The number of nitrogens with two attached hydrogens (primary N) is 1. The Bertz CT molecular complexity index is 979. The van der Waals surface area contributed by atoms with E-state index in [0.717, 1.165) is 12.1 Å². The predicted molar refractivity (Wildman–Crippen MR) is 109 cm³/mol. The van der Waals surface area contributed by atoms with Gasteiger partial charge in [-0.25, -0.2) is 4.79 Å². The van der Waals surface area contributed by atoms with Crippen molar-refractivity contribution in [2.45, 2.75) is 6.18 Å². The van der Waals surface area contributed by atoms with Crippen molar-refractivity contribution in [1.82, 2.24) is 0 Å². The molecule has 166 valence electrons. The molecule has 0 atom stereocenters. The van der Waals surface area contributed by atoms with Crippen molar-refractivity contribution in [3.63, 3.8) is 0 Å². The molecule has 1 heterocycles. The lowest BCUT2D eigenvalue weighted by molar-refractivity contribution is -0.137. The lowest BCUT2D eigenvalue weighted by atomic mass is 10.1. The van der Waals surface area contributed by atoms with Crippen LogP contribution >= 0.6 is 11.6 Å². The number of benzene rings is 2. The molecule has 1 aliphatic heterocycles. The van der Waals surface area contributed by atoms with Gasteiger partial charge in [0.2, 0.25) is 0 Å². The van der Waals surface area contributed by atoms with Gasteiger partial charge in [-0.1, -0.05) is 11.6 Å². The van der Waals surface area contributed by atoms with E-state index in [1.807, 2.05) is 4.90 Å². The standard InChI is InChI=1S/C20H19ClF3N3O4/c21-14-3-1-12(9-15(14)25)19(29)31-11-18(28)26-16-10-13(20(22,23)24)2-4-17(16)27-5-7-30-8-6-27/h1-4,9-10H,5-8,11,25H2,(H,26,28). The van der Waals surface area contributed by atoms with Crippen LogP contribution in [0.5, 0.6) is 0 Å². The number of amides is 1. The molecule has 2 aromatic carbocycles. The van der Waals surface area contributed by atoms with Crippen LogP contribution in [0.25, 0.3) is 0 Å². The maximum absolute atomic E-state index is 13.1. The summed E-state index contributed by atoms with van der Waals surface area (Å²) in [4.78, 5) is 26.2. The van der Waals surface area contributed by atoms with Crippen LogP contribution in [0.4, 0.5) is 30.2 Å². The Morgan fingerprint density at radius 2 is 1.87 bits per heavy atom. The minimum Gasteiger partial charge on any atom is -0.452 e. The number of halogens is 4. The van der Waals surface area contributed by atoms with Crippen molar-refractivity contribution in [3.8, 4) is 0 Å². The van der Waals surface area contributed by atoms with Gasteiger partial charge >= 0.3 is 12.1 Å². The minimum absolute atomic E-state index is 0.0338. The smallest absolute Gasteiger partial charge is 0.416 e. The van der Waals surface area contributed by atoms with Crippen LogP contribution in [0.2, 0.25) is 5.02 Å². The SMILES string of the molecule is Nc1cc(C(=O)OCC(=O)Nc2cc(C(F)(F)F)ccc2N2CCOCC2)ccc1Cl. The molecule has 0 aromatic heterocycles. The number of anilines is 3. The highest BCUT2D eigenvalue weighted by molar-refractivity contribution is 6.33. The first kappa shape index (κ1) is 22.7. The normalized spacial score (nSPS) is 14.3. The Labute approximate surface area is 180 Å². The van der Waals surface area contributed by atoms with Gasteiger partial charge in [0.1, 0.15) is 0 Å². The number of rotatable bonds is 5. The molecule has 3 N–H and O–H groups in total. The molecule has 0 bridgehead atoms. The number of hydrogen-bond acceptors (Lipinski definition) is 6. The number of morpholine rings is 1. The first-order valence-electron chi connectivity index (χ1n) is 9.21. The molecule has 31 heavy (non-hydrogen) atoms. The van der Waals surface area contributed by atoms with Crippen molar-refractivity contribution in [1.29, 1.82) is 0 Å². The molecule has 0 spiro atoms. The number of nitrogen functional groups attached to an aromatic ring is 1. The monoisotopic (exact) mass is 457 g/mol. The number of hydrogen-bond donors (Lipinski definition) is 2. The fourth-order valence-electron chi connectivity index (χ4n) is 2.96. The summed E-state index contributed by atoms with van der Waals surface area (Å²) in [5.41, 5.74) is 5.36. The average Bonchev–Trinajstić information content (AvgIpc) is 2.74. The molecular weight excluding hydrogens is 439 g/mol. The van der Waals surface area contributed by atoms with Crippen LogP contribution < -0.4 is 16.0 Å².